The van der Waals surface area contributed by atoms with Crippen LogP contribution in [0.4, 0.5) is 10.8 Å². The highest BCUT2D eigenvalue weighted by molar-refractivity contribution is 7.16. The first-order valence-corrected chi connectivity index (χ1v) is 12.3. The molecule has 0 spiro atoms. The molecule has 2 aromatic rings. The normalized spacial score (nSPS) is 13.6. The molecule has 1 aliphatic rings. The second-order valence-electron chi connectivity index (χ2n) is 8.16. The Morgan fingerprint density at radius 3 is 2.41 bits per heavy atom. The lowest BCUT2D eigenvalue weighted by Gasteiger charge is -2.18. The number of nitrogens with two attached hydrogens (primary N) is 1. The van der Waals surface area contributed by atoms with Gasteiger partial charge in [0.15, 0.2) is 10.9 Å². The van der Waals surface area contributed by atoms with Crippen molar-refractivity contribution in [1.29, 1.82) is 0 Å². The SMILES string of the molecule is CCOc1ccc(NC(=O)CC(N)=O)cc1.CN(C)c1ncc(/C=C/C(=O)C2CCCCC2)s1. The van der Waals surface area contributed by atoms with E-state index in [-0.39, 0.29) is 18.1 Å². The van der Waals surface area contributed by atoms with Gasteiger partial charge in [-0.2, -0.15) is 0 Å². The molecule has 1 aromatic heterocycles. The van der Waals surface area contributed by atoms with Crippen molar-refractivity contribution >= 4 is 45.8 Å². The highest BCUT2D eigenvalue weighted by Crippen LogP contribution is 2.26. The van der Waals surface area contributed by atoms with Crippen LogP contribution in [0, 0.1) is 5.92 Å². The molecule has 2 amide bonds. The highest BCUT2D eigenvalue weighted by atomic mass is 32.1. The van der Waals surface area contributed by atoms with Crippen molar-refractivity contribution in [3.63, 3.8) is 0 Å². The number of thiazole rings is 1. The minimum absolute atomic E-state index is 0.260. The van der Waals surface area contributed by atoms with Gasteiger partial charge in [-0.3, -0.25) is 14.4 Å². The number of nitrogens with one attached hydrogen (secondary N) is 1. The van der Waals surface area contributed by atoms with E-state index in [1.165, 1.54) is 19.3 Å². The number of aromatic nitrogens is 1. The Morgan fingerprint density at radius 1 is 1.18 bits per heavy atom. The van der Waals surface area contributed by atoms with Crippen molar-refractivity contribution < 1.29 is 19.1 Å². The Hall–Kier alpha value is -3.20. The van der Waals surface area contributed by atoms with Gasteiger partial charge in [0.1, 0.15) is 12.2 Å². The van der Waals surface area contributed by atoms with Crippen molar-refractivity contribution in [2.45, 2.75) is 45.4 Å². The van der Waals surface area contributed by atoms with E-state index < -0.39 is 11.8 Å². The third-order valence-corrected chi connectivity index (χ3v) is 6.23. The Bertz CT molecular complexity index is 964. The lowest BCUT2D eigenvalue weighted by Crippen LogP contribution is -2.21. The largest absolute Gasteiger partial charge is 0.494 e. The first kappa shape index (κ1) is 27.0. The lowest BCUT2D eigenvalue weighted by atomic mass is 9.86. The number of carbonyl (C=O) groups excluding carboxylic acids is 3. The molecular weight excluding hydrogens is 452 g/mol. The summed E-state index contributed by atoms with van der Waals surface area (Å²) in [5.74, 6) is 0.209. The van der Waals surface area contributed by atoms with E-state index >= 15 is 0 Å². The maximum absolute atomic E-state index is 12.0. The van der Waals surface area contributed by atoms with E-state index in [1.54, 1.807) is 41.7 Å². The summed E-state index contributed by atoms with van der Waals surface area (Å²) in [5, 5.41) is 3.52. The molecule has 1 aromatic carbocycles. The number of allylic oxidation sites excluding steroid dienone is 1. The molecule has 1 fully saturated rings. The van der Waals surface area contributed by atoms with E-state index in [2.05, 4.69) is 10.3 Å². The average Bonchev–Trinajstić information content (AvgIpc) is 3.29. The van der Waals surface area contributed by atoms with Crippen LogP contribution in [0.15, 0.2) is 36.5 Å². The fraction of sp³-hybridized carbons (Fsp3) is 0.440. The van der Waals surface area contributed by atoms with Crippen LogP contribution in [0.2, 0.25) is 0 Å². The summed E-state index contributed by atoms with van der Waals surface area (Å²) in [6.45, 7) is 2.48. The number of rotatable bonds is 9. The van der Waals surface area contributed by atoms with Gasteiger partial charge < -0.3 is 20.7 Å². The topological polar surface area (TPSA) is 115 Å². The Kier molecular flexibility index (Phi) is 11.3. The molecule has 34 heavy (non-hydrogen) atoms. The molecule has 0 unspecified atom stereocenters. The molecule has 0 saturated heterocycles. The monoisotopic (exact) mass is 486 g/mol. The van der Waals surface area contributed by atoms with E-state index in [9.17, 15) is 14.4 Å². The number of nitrogens with zero attached hydrogens (tertiary/aromatic N) is 2. The summed E-state index contributed by atoms with van der Waals surface area (Å²) in [7, 11) is 3.94. The molecule has 0 radical (unpaired) electrons. The van der Waals surface area contributed by atoms with Gasteiger partial charge in [-0.05, 0) is 56.2 Å². The number of ketones is 1. The molecule has 3 N–H and O–H groups in total. The third-order valence-electron chi connectivity index (χ3n) is 5.10. The van der Waals surface area contributed by atoms with Crippen LogP contribution in [-0.4, -0.2) is 43.3 Å². The second-order valence-corrected chi connectivity index (χ2v) is 9.20. The minimum Gasteiger partial charge on any atom is -0.494 e. The van der Waals surface area contributed by atoms with Gasteiger partial charge in [-0.15, -0.1) is 0 Å². The van der Waals surface area contributed by atoms with Gasteiger partial charge in [0, 0.05) is 36.8 Å². The first-order valence-electron chi connectivity index (χ1n) is 11.4. The van der Waals surface area contributed by atoms with E-state index in [4.69, 9.17) is 10.5 Å². The zero-order valence-electron chi connectivity index (χ0n) is 20.1. The second kappa shape index (κ2) is 14.1. The summed E-state index contributed by atoms with van der Waals surface area (Å²) in [5.41, 5.74) is 5.50. The van der Waals surface area contributed by atoms with Crippen LogP contribution in [-0.2, 0) is 14.4 Å². The Morgan fingerprint density at radius 2 is 1.85 bits per heavy atom. The van der Waals surface area contributed by atoms with Crippen molar-refractivity contribution in [2.24, 2.45) is 11.7 Å². The Labute approximate surface area is 205 Å². The Balaban J connectivity index is 0.000000242. The molecule has 1 saturated carbocycles. The summed E-state index contributed by atoms with van der Waals surface area (Å²) in [4.78, 5) is 41.0. The maximum atomic E-state index is 12.0. The molecule has 1 aliphatic carbocycles. The molecule has 0 bridgehead atoms. The van der Waals surface area contributed by atoms with Gasteiger partial charge in [0.2, 0.25) is 11.8 Å². The molecule has 8 nitrogen and oxygen atoms in total. The van der Waals surface area contributed by atoms with E-state index in [0.29, 0.717) is 12.3 Å². The lowest BCUT2D eigenvalue weighted by molar-refractivity contribution is -0.125. The number of carbonyl (C=O) groups is 3. The minimum atomic E-state index is -0.650. The number of benzene rings is 1. The number of hydrogen-bond acceptors (Lipinski definition) is 7. The quantitative estimate of drug-likeness (QED) is 0.404. The van der Waals surface area contributed by atoms with Crippen LogP contribution in [0.1, 0.15) is 50.3 Å². The summed E-state index contributed by atoms with van der Waals surface area (Å²) >= 11 is 1.61. The zero-order chi connectivity index (χ0) is 24.9. The summed E-state index contributed by atoms with van der Waals surface area (Å²) in [6.07, 6.45) is 11.0. The van der Waals surface area contributed by atoms with Gasteiger partial charge in [-0.1, -0.05) is 30.6 Å². The van der Waals surface area contributed by atoms with Crippen LogP contribution in [0.3, 0.4) is 0 Å². The van der Waals surface area contributed by atoms with Crippen LogP contribution in [0.25, 0.3) is 6.08 Å². The van der Waals surface area contributed by atoms with E-state index in [0.717, 1.165) is 28.6 Å². The van der Waals surface area contributed by atoms with Gasteiger partial charge >= 0.3 is 0 Å². The summed E-state index contributed by atoms with van der Waals surface area (Å²) in [6, 6.07) is 6.88. The van der Waals surface area contributed by atoms with Gasteiger partial charge in [0.05, 0.1) is 6.61 Å². The molecule has 1 heterocycles. The van der Waals surface area contributed by atoms with Crippen molar-refractivity contribution in [3.8, 4) is 5.75 Å². The number of primary amides is 1. The van der Waals surface area contributed by atoms with Gasteiger partial charge in [-0.25, -0.2) is 4.98 Å². The van der Waals surface area contributed by atoms with Crippen molar-refractivity contribution in [2.75, 3.05) is 30.9 Å². The van der Waals surface area contributed by atoms with Crippen molar-refractivity contribution in [3.05, 3.63) is 41.4 Å². The number of ether oxygens (including phenoxy) is 1. The smallest absolute Gasteiger partial charge is 0.233 e. The molecule has 0 atom stereocenters. The van der Waals surface area contributed by atoms with Crippen LogP contribution >= 0.6 is 11.3 Å². The highest BCUT2D eigenvalue weighted by Gasteiger charge is 2.18. The van der Waals surface area contributed by atoms with Crippen LogP contribution in [0.5, 0.6) is 5.75 Å². The molecule has 3 rings (SSSR count). The number of anilines is 2. The van der Waals surface area contributed by atoms with Gasteiger partial charge in [0.25, 0.3) is 0 Å². The third kappa shape index (κ3) is 9.74. The number of hydrogen-bond donors (Lipinski definition) is 2. The maximum Gasteiger partial charge on any atom is 0.233 e. The zero-order valence-corrected chi connectivity index (χ0v) is 20.9. The first-order chi connectivity index (χ1) is 16.3. The van der Waals surface area contributed by atoms with E-state index in [1.807, 2.05) is 38.2 Å². The molecule has 0 aliphatic heterocycles. The molecule has 184 valence electrons. The predicted molar refractivity (Wildman–Crippen MR) is 137 cm³/mol. The standard InChI is InChI=1S/C14H20N2OS.C11H14N2O3/c1-16(2)14-15-10-12(18-14)8-9-13(17)11-6-4-3-5-7-11;1-2-16-9-5-3-8(4-6-9)13-11(15)7-10(12)14/h8-11H,3-7H2,1-2H3;3-6H,2,7H2,1H3,(H2,12,14)(H,13,15)/b9-8+;. The number of amides is 2. The average molecular weight is 487 g/mol. The molecular formula is C25H34N4O4S. The molecule has 9 heteroatoms. The van der Waals surface area contributed by atoms with Crippen molar-refractivity contribution in [1.82, 2.24) is 4.98 Å². The summed E-state index contributed by atoms with van der Waals surface area (Å²) < 4.78 is 5.24. The van der Waals surface area contributed by atoms with Crippen LogP contribution < -0.4 is 20.7 Å². The fourth-order valence-electron chi connectivity index (χ4n) is 3.41. The fourth-order valence-corrected chi connectivity index (χ4v) is 4.15. The predicted octanol–water partition coefficient (Wildman–Crippen LogP) is 4.27.